The van der Waals surface area contributed by atoms with Gasteiger partial charge in [-0.05, 0) is 128 Å². The molecular formula is C59H96O5. The number of rotatable bonds is 46. The van der Waals surface area contributed by atoms with Crippen molar-refractivity contribution in [2.45, 2.75) is 219 Å². The molecule has 0 N–H and O–H groups in total. The normalized spacial score (nSPS) is 13.2. The molecule has 0 aromatic heterocycles. The van der Waals surface area contributed by atoms with Crippen molar-refractivity contribution in [1.29, 1.82) is 0 Å². The van der Waals surface area contributed by atoms with E-state index in [1.165, 1.54) is 44.9 Å². The Morgan fingerprint density at radius 1 is 0.359 bits per heavy atom. The average molecular weight is 885 g/mol. The van der Waals surface area contributed by atoms with Crippen LogP contribution in [0.3, 0.4) is 0 Å². The third kappa shape index (κ3) is 50.9. The van der Waals surface area contributed by atoms with Crippen molar-refractivity contribution in [3.8, 4) is 0 Å². The molecule has 0 rings (SSSR count). The van der Waals surface area contributed by atoms with Crippen LogP contribution >= 0.6 is 0 Å². The predicted octanol–water partition coefficient (Wildman–Crippen LogP) is 17.8. The minimum atomic E-state index is -0.581. The molecule has 0 aromatic carbocycles. The van der Waals surface area contributed by atoms with Crippen LogP contribution in [0.1, 0.15) is 213 Å². The molecule has 64 heavy (non-hydrogen) atoms. The molecule has 0 aliphatic heterocycles. The molecule has 0 bridgehead atoms. The molecule has 1 unspecified atom stereocenters. The van der Waals surface area contributed by atoms with Crippen LogP contribution in [0.25, 0.3) is 0 Å². The molecule has 0 saturated heterocycles. The molecule has 0 saturated carbocycles. The first-order chi connectivity index (χ1) is 31.6. The highest BCUT2D eigenvalue weighted by Crippen LogP contribution is 2.12. The molecule has 0 aliphatic carbocycles. The Kier molecular flexibility index (Phi) is 50.5. The average Bonchev–Trinajstić information content (AvgIpc) is 3.30. The molecule has 362 valence electrons. The lowest BCUT2D eigenvalue weighted by molar-refractivity contribution is -0.163. The molecule has 5 nitrogen and oxygen atoms in total. The summed E-state index contributed by atoms with van der Waals surface area (Å²) in [5.41, 5.74) is 0. The lowest BCUT2D eigenvalue weighted by Crippen LogP contribution is -2.30. The minimum Gasteiger partial charge on any atom is -0.462 e. The first-order valence-electron chi connectivity index (χ1n) is 26.1. The van der Waals surface area contributed by atoms with E-state index < -0.39 is 6.10 Å². The molecule has 0 aromatic rings. The summed E-state index contributed by atoms with van der Waals surface area (Å²) in [5.74, 6) is -0.467. The Morgan fingerprint density at radius 3 is 1.14 bits per heavy atom. The van der Waals surface area contributed by atoms with Crippen LogP contribution in [0.4, 0.5) is 0 Å². The summed E-state index contributed by atoms with van der Waals surface area (Å²) in [5, 5.41) is 0. The van der Waals surface area contributed by atoms with E-state index in [-0.39, 0.29) is 25.2 Å². The zero-order chi connectivity index (χ0) is 46.3. The number of carbonyl (C=O) groups is 2. The summed E-state index contributed by atoms with van der Waals surface area (Å²) in [6, 6.07) is 0. The van der Waals surface area contributed by atoms with E-state index in [1.54, 1.807) is 0 Å². The highest BCUT2D eigenvalue weighted by atomic mass is 16.6. The first kappa shape index (κ1) is 60.3. The topological polar surface area (TPSA) is 61.8 Å². The number of esters is 2. The van der Waals surface area contributed by atoms with Crippen molar-refractivity contribution in [2.75, 3.05) is 19.8 Å². The van der Waals surface area contributed by atoms with E-state index in [0.29, 0.717) is 19.4 Å². The fourth-order valence-corrected chi connectivity index (χ4v) is 6.64. The van der Waals surface area contributed by atoms with Crippen LogP contribution in [0.5, 0.6) is 0 Å². The zero-order valence-electron chi connectivity index (χ0n) is 41.5. The Hall–Kier alpha value is -3.70. The summed E-state index contributed by atoms with van der Waals surface area (Å²) in [6.07, 6.45) is 75.0. The van der Waals surface area contributed by atoms with Crippen molar-refractivity contribution in [1.82, 2.24) is 0 Å². The van der Waals surface area contributed by atoms with Crippen molar-refractivity contribution in [2.24, 2.45) is 0 Å². The van der Waals surface area contributed by atoms with Gasteiger partial charge in [-0.3, -0.25) is 9.59 Å². The van der Waals surface area contributed by atoms with Gasteiger partial charge in [-0.15, -0.1) is 0 Å². The molecule has 0 aliphatic rings. The van der Waals surface area contributed by atoms with Crippen molar-refractivity contribution in [3.63, 3.8) is 0 Å². The predicted molar refractivity (Wildman–Crippen MR) is 279 cm³/mol. The SMILES string of the molecule is CC/C=C\C/C=C\C/C=C\C/C=C\C/C=C\CCCCOCC(COC(=O)CCCCCC/C=C\C/C=C\C/C=C\C/C=C\CC)OC(=O)CCCCCCC/C=C\CCCCCC. The van der Waals surface area contributed by atoms with E-state index in [9.17, 15) is 9.59 Å². The highest BCUT2D eigenvalue weighted by molar-refractivity contribution is 5.70. The molecule has 0 spiro atoms. The lowest BCUT2D eigenvalue weighted by Gasteiger charge is -2.18. The minimum absolute atomic E-state index is 0.0442. The van der Waals surface area contributed by atoms with E-state index in [2.05, 4.69) is 142 Å². The molecule has 0 fully saturated rings. The Balaban J connectivity index is 4.43. The maximum absolute atomic E-state index is 12.8. The number of carbonyl (C=O) groups excluding carboxylic acids is 2. The summed E-state index contributed by atoms with van der Waals surface area (Å²) in [7, 11) is 0. The molecule has 1 atom stereocenters. The van der Waals surface area contributed by atoms with Gasteiger partial charge < -0.3 is 14.2 Å². The van der Waals surface area contributed by atoms with Gasteiger partial charge >= 0.3 is 11.9 Å². The summed E-state index contributed by atoms with van der Waals surface area (Å²) >= 11 is 0. The number of unbranched alkanes of at least 4 members (excludes halogenated alkanes) is 15. The second kappa shape index (κ2) is 53.6. The third-order valence-electron chi connectivity index (χ3n) is 10.5. The van der Waals surface area contributed by atoms with Gasteiger partial charge in [-0.1, -0.05) is 194 Å². The Morgan fingerprint density at radius 2 is 0.703 bits per heavy atom. The number of allylic oxidation sites excluding steroid dienone is 20. The summed E-state index contributed by atoms with van der Waals surface area (Å²) in [6.45, 7) is 7.44. The van der Waals surface area contributed by atoms with Crippen LogP contribution in [-0.2, 0) is 23.8 Å². The standard InChI is InChI=1S/C59H96O5/c1-4-7-10-13-16-19-22-25-27-29-31-33-36-39-42-45-48-51-54-62-55-57(64-59(61)53-50-47-44-41-38-34-24-21-18-15-12-9-6-3)56-63-58(60)52-49-46-43-40-37-35-32-30-28-26-23-20-17-14-11-8-5-2/h7-8,10-11,16-17,19-21,24-28,31-33,35,39,42,57H,4-6,9,12-15,18,22-23,29-30,34,36-38,40-41,43-56H2,1-3H3/b10-7-,11-8-,19-16-,20-17-,24-21-,27-25-,28-26-,33-31-,35-32-,42-39-. The second-order valence-corrected chi connectivity index (χ2v) is 16.7. The van der Waals surface area contributed by atoms with Gasteiger partial charge in [0.15, 0.2) is 6.10 Å². The maximum Gasteiger partial charge on any atom is 0.306 e. The molecule has 0 radical (unpaired) electrons. The van der Waals surface area contributed by atoms with Crippen LogP contribution in [0.15, 0.2) is 122 Å². The van der Waals surface area contributed by atoms with E-state index in [0.717, 1.165) is 135 Å². The van der Waals surface area contributed by atoms with Gasteiger partial charge in [-0.25, -0.2) is 0 Å². The molecule has 0 amide bonds. The van der Waals surface area contributed by atoms with Gasteiger partial charge in [0, 0.05) is 19.4 Å². The van der Waals surface area contributed by atoms with Gasteiger partial charge in [-0.2, -0.15) is 0 Å². The van der Waals surface area contributed by atoms with Crippen molar-refractivity contribution < 1.29 is 23.8 Å². The van der Waals surface area contributed by atoms with Crippen LogP contribution in [0.2, 0.25) is 0 Å². The number of hydrogen-bond acceptors (Lipinski definition) is 5. The van der Waals surface area contributed by atoms with Gasteiger partial charge in [0.25, 0.3) is 0 Å². The summed E-state index contributed by atoms with van der Waals surface area (Å²) < 4.78 is 17.3. The lowest BCUT2D eigenvalue weighted by atomic mass is 10.1. The van der Waals surface area contributed by atoms with Crippen LogP contribution < -0.4 is 0 Å². The van der Waals surface area contributed by atoms with E-state index in [1.807, 2.05) is 0 Å². The Bertz CT molecular complexity index is 1320. The van der Waals surface area contributed by atoms with Crippen LogP contribution in [-0.4, -0.2) is 37.9 Å². The second-order valence-electron chi connectivity index (χ2n) is 16.7. The number of hydrogen-bond donors (Lipinski definition) is 0. The first-order valence-corrected chi connectivity index (χ1v) is 26.1. The Labute approximate surface area is 395 Å². The van der Waals surface area contributed by atoms with Gasteiger partial charge in [0.2, 0.25) is 0 Å². The van der Waals surface area contributed by atoms with E-state index in [4.69, 9.17) is 14.2 Å². The zero-order valence-corrected chi connectivity index (χ0v) is 41.5. The monoisotopic (exact) mass is 885 g/mol. The molecule has 5 heteroatoms. The number of ether oxygens (including phenoxy) is 3. The molecule has 0 heterocycles. The molecular weight excluding hydrogens is 789 g/mol. The van der Waals surface area contributed by atoms with Crippen molar-refractivity contribution >= 4 is 11.9 Å². The largest absolute Gasteiger partial charge is 0.462 e. The third-order valence-corrected chi connectivity index (χ3v) is 10.5. The maximum atomic E-state index is 12.8. The van der Waals surface area contributed by atoms with Crippen LogP contribution in [0, 0.1) is 0 Å². The fraction of sp³-hybridized carbons (Fsp3) is 0.627. The fourth-order valence-electron chi connectivity index (χ4n) is 6.64. The van der Waals surface area contributed by atoms with E-state index >= 15 is 0 Å². The van der Waals surface area contributed by atoms with Crippen molar-refractivity contribution in [3.05, 3.63) is 122 Å². The quantitative estimate of drug-likeness (QED) is 0.0346. The summed E-state index contributed by atoms with van der Waals surface area (Å²) in [4.78, 5) is 25.4. The van der Waals surface area contributed by atoms with Gasteiger partial charge in [0.05, 0.1) is 6.61 Å². The highest BCUT2D eigenvalue weighted by Gasteiger charge is 2.17. The van der Waals surface area contributed by atoms with Gasteiger partial charge in [0.1, 0.15) is 6.61 Å². The smallest absolute Gasteiger partial charge is 0.306 e.